The average Bonchev–Trinajstić information content (AvgIpc) is 3.12. The lowest BCUT2D eigenvalue weighted by Gasteiger charge is -2.27. The van der Waals surface area contributed by atoms with Crippen molar-refractivity contribution in [2.75, 3.05) is 70.5 Å². The predicted molar refractivity (Wildman–Crippen MR) is 200 cm³/mol. The van der Waals surface area contributed by atoms with Crippen molar-refractivity contribution in [3.8, 4) is 11.5 Å². The summed E-state index contributed by atoms with van der Waals surface area (Å²) in [6.07, 6.45) is 7.40. The van der Waals surface area contributed by atoms with E-state index < -0.39 is 0 Å². The fraction of sp³-hybridized carbons (Fsp3) is 0.595. The van der Waals surface area contributed by atoms with Crippen LogP contribution in [-0.2, 0) is 4.74 Å². The first-order valence-electron chi connectivity index (χ1n) is 17.0. The van der Waals surface area contributed by atoms with E-state index in [1.807, 2.05) is 78.9 Å². The van der Waals surface area contributed by atoms with Gasteiger partial charge in [0.1, 0.15) is 17.3 Å². The van der Waals surface area contributed by atoms with Gasteiger partial charge in [0.2, 0.25) is 0 Å². The van der Waals surface area contributed by atoms with Crippen LogP contribution in [0.4, 0.5) is 11.5 Å². The highest BCUT2D eigenvalue weighted by Crippen LogP contribution is 2.31. The molecule has 46 heavy (non-hydrogen) atoms. The molecule has 1 saturated heterocycles. The molecule has 2 heterocycles. The normalized spacial score (nSPS) is 12.8. The summed E-state index contributed by atoms with van der Waals surface area (Å²) in [6, 6.07) is 10.2. The van der Waals surface area contributed by atoms with Crippen LogP contribution in [0.2, 0.25) is 0 Å². The van der Waals surface area contributed by atoms with Crippen LogP contribution in [0.3, 0.4) is 0 Å². The van der Waals surface area contributed by atoms with E-state index in [2.05, 4.69) is 57.7 Å². The standard InChI is InChI=1S/C16H25NO3.C15H22N4O.3C2H6/c1-5-13(6-2)17(8-7-9-18)14-10-15(19-3)12-16(11-14)20-4;1-12(2)18-14(11-16-3)13-4-5-15(17-10-13)19-6-8-20-9-7-19;3*1-2/h5,10-12,18H,6-9H2,1-4H3;4-5,10-12H,6-9H2,1-3H3;3*1-2H3/b13-5+;;;;. The zero-order valence-electron chi connectivity index (χ0n) is 31.3. The molecular weight excluding hydrogens is 578 g/mol. The van der Waals surface area contributed by atoms with Gasteiger partial charge in [0, 0.05) is 86.9 Å². The van der Waals surface area contributed by atoms with Crippen molar-refractivity contribution in [3.63, 3.8) is 0 Å². The maximum atomic E-state index is 9.10. The molecule has 9 nitrogen and oxygen atoms in total. The van der Waals surface area contributed by atoms with Crippen molar-refractivity contribution >= 4 is 23.4 Å². The quantitative estimate of drug-likeness (QED) is 0.234. The SMILES string of the molecule is C/C=C(\CC)N(CCCO)c1cc(OC)cc(OC)c1.CC.CC.CC.CN=CC(=NC(C)C)c1ccc(N2CCOCC2)nc1. The number of aliphatic imine (C=N–C) groups is 2. The third-order valence-corrected chi connectivity index (χ3v) is 6.26. The molecule has 1 N–H and O–H groups in total. The molecular formula is C37H65N5O4. The molecule has 1 aliphatic heterocycles. The van der Waals surface area contributed by atoms with Gasteiger partial charge in [0.25, 0.3) is 0 Å². The summed E-state index contributed by atoms with van der Waals surface area (Å²) in [4.78, 5) is 17.6. The van der Waals surface area contributed by atoms with E-state index >= 15 is 0 Å². The van der Waals surface area contributed by atoms with Crippen molar-refractivity contribution in [1.29, 1.82) is 0 Å². The number of pyridine rings is 1. The number of aliphatic hydroxyl groups excluding tert-OH is 1. The average molecular weight is 644 g/mol. The number of anilines is 2. The number of hydrogen-bond acceptors (Lipinski definition) is 9. The fourth-order valence-electron chi connectivity index (χ4n) is 4.27. The van der Waals surface area contributed by atoms with Crippen LogP contribution in [0, 0.1) is 0 Å². The van der Waals surface area contributed by atoms with E-state index in [1.165, 1.54) is 5.70 Å². The zero-order valence-corrected chi connectivity index (χ0v) is 31.3. The Kier molecular flexibility index (Phi) is 28.2. The van der Waals surface area contributed by atoms with E-state index in [1.54, 1.807) is 27.5 Å². The van der Waals surface area contributed by atoms with Crippen LogP contribution >= 0.6 is 0 Å². The maximum Gasteiger partial charge on any atom is 0.128 e. The summed E-state index contributed by atoms with van der Waals surface area (Å²) in [5.41, 5.74) is 4.11. The number of allylic oxidation sites excluding steroid dienone is 2. The number of nitrogens with zero attached hydrogens (tertiary/aromatic N) is 5. The van der Waals surface area contributed by atoms with Crippen molar-refractivity contribution in [2.24, 2.45) is 9.98 Å². The first kappa shape index (κ1) is 44.7. The second-order valence-corrected chi connectivity index (χ2v) is 9.43. The van der Waals surface area contributed by atoms with E-state index in [0.29, 0.717) is 0 Å². The maximum absolute atomic E-state index is 9.10. The number of rotatable bonds is 12. The summed E-state index contributed by atoms with van der Waals surface area (Å²) in [5, 5.41) is 9.10. The number of aromatic nitrogens is 1. The molecule has 0 aliphatic carbocycles. The van der Waals surface area contributed by atoms with Gasteiger partial charge in [0.15, 0.2) is 0 Å². The van der Waals surface area contributed by atoms with Gasteiger partial charge in [-0.2, -0.15) is 0 Å². The summed E-state index contributed by atoms with van der Waals surface area (Å²) in [5.74, 6) is 2.52. The van der Waals surface area contributed by atoms with E-state index in [-0.39, 0.29) is 12.6 Å². The molecule has 1 aromatic carbocycles. The van der Waals surface area contributed by atoms with Crippen LogP contribution < -0.4 is 19.3 Å². The second-order valence-electron chi connectivity index (χ2n) is 9.43. The van der Waals surface area contributed by atoms with Crippen molar-refractivity contribution in [1.82, 2.24) is 4.98 Å². The molecule has 1 aliphatic rings. The monoisotopic (exact) mass is 644 g/mol. The molecule has 3 rings (SSSR count). The number of hydrogen-bond donors (Lipinski definition) is 1. The lowest BCUT2D eigenvalue weighted by molar-refractivity contribution is 0.122. The van der Waals surface area contributed by atoms with Gasteiger partial charge >= 0.3 is 0 Å². The van der Waals surface area contributed by atoms with Crippen LogP contribution in [0.25, 0.3) is 0 Å². The van der Waals surface area contributed by atoms with E-state index in [4.69, 9.17) is 19.3 Å². The minimum Gasteiger partial charge on any atom is -0.497 e. The van der Waals surface area contributed by atoms with Gasteiger partial charge in [-0.05, 0) is 45.7 Å². The molecule has 2 aromatic rings. The number of ether oxygens (including phenoxy) is 3. The molecule has 9 heteroatoms. The highest BCUT2D eigenvalue weighted by atomic mass is 16.5. The van der Waals surface area contributed by atoms with Crippen LogP contribution in [-0.4, -0.2) is 88.8 Å². The first-order chi connectivity index (χ1) is 22.4. The number of benzene rings is 1. The lowest BCUT2D eigenvalue weighted by Crippen LogP contribution is -2.36. The number of morpholine rings is 1. The van der Waals surface area contributed by atoms with Gasteiger partial charge < -0.3 is 29.1 Å². The van der Waals surface area contributed by atoms with Gasteiger partial charge in [-0.25, -0.2) is 4.98 Å². The fourth-order valence-corrected chi connectivity index (χ4v) is 4.27. The minimum absolute atomic E-state index is 0.179. The zero-order chi connectivity index (χ0) is 35.3. The molecule has 1 aromatic heterocycles. The second kappa shape index (κ2) is 29.0. The highest BCUT2D eigenvalue weighted by molar-refractivity contribution is 6.38. The third kappa shape index (κ3) is 16.8. The van der Waals surface area contributed by atoms with Crippen LogP contribution in [0.1, 0.15) is 87.6 Å². The number of methoxy groups -OCH3 is 2. The van der Waals surface area contributed by atoms with Crippen molar-refractivity contribution in [2.45, 2.75) is 88.1 Å². The predicted octanol–water partition coefficient (Wildman–Crippen LogP) is 8.10. The highest BCUT2D eigenvalue weighted by Gasteiger charge is 2.14. The Morgan fingerprint density at radius 1 is 1.02 bits per heavy atom. The molecule has 0 unspecified atom stereocenters. The third-order valence-electron chi connectivity index (χ3n) is 6.26. The Labute approximate surface area is 281 Å². The Morgan fingerprint density at radius 3 is 2.02 bits per heavy atom. The first-order valence-corrected chi connectivity index (χ1v) is 17.0. The van der Waals surface area contributed by atoms with E-state index in [9.17, 15) is 0 Å². The van der Waals surface area contributed by atoms with Crippen LogP contribution in [0.5, 0.6) is 11.5 Å². The summed E-state index contributed by atoms with van der Waals surface area (Å²) < 4.78 is 16.0. The smallest absolute Gasteiger partial charge is 0.128 e. The Hall–Kier alpha value is -3.43. The molecule has 0 saturated carbocycles. The molecule has 1 fully saturated rings. The molecule has 0 radical (unpaired) electrons. The Morgan fingerprint density at radius 2 is 1.61 bits per heavy atom. The lowest BCUT2D eigenvalue weighted by atomic mass is 10.2. The van der Waals surface area contributed by atoms with Crippen LogP contribution in [0.15, 0.2) is 58.3 Å². The topological polar surface area (TPSA) is 92.0 Å². The summed E-state index contributed by atoms with van der Waals surface area (Å²) >= 11 is 0. The minimum atomic E-state index is 0.179. The molecule has 0 atom stereocenters. The van der Waals surface area contributed by atoms with Crippen molar-refractivity contribution in [3.05, 3.63) is 53.9 Å². The van der Waals surface area contributed by atoms with Gasteiger partial charge in [-0.1, -0.05) is 54.5 Å². The van der Waals surface area contributed by atoms with E-state index in [0.717, 1.165) is 80.0 Å². The van der Waals surface area contributed by atoms with Gasteiger partial charge in [0.05, 0.1) is 33.1 Å². The summed E-state index contributed by atoms with van der Waals surface area (Å²) in [7, 11) is 5.05. The largest absolute Gasteiger partial charge is 0.497 e. The molecule has 0 amide bonds. The van der Waals surface area contributed by atoms with Gasteiger partial charge in [-0.15, -0.1) is 0 Å². The molecule has 0 spiro atoms. The molecule has 262 valence electrons. The summed E-state index contributed by atoms with van der Waals surface area (Å²) in [6.45, 7) is 24.5. The molecule has 0 bridgehead atoms. The van der Waals surface area contributed by atoms with Crippen molar-refractivity contribution < 1.29 is 19.3 Å². The number of aliphatic hydroxyl groups is 1. The Balaban J connectivity index is 0. The van der Waals surface area contributed by atoms with Gasteiger partial charge in [-0.3, -0.25) is 9.98 Å². The Bertz CT molecular complexity index is 1070.